The van der Waals surface area contributed by atoms with E-state index in [4.69, 9.17) is 15.3 Å². The first-order chi connectivity index (χ1) is 10.6. The summed E-state index contributed by atoms with van der Waals surface area (Å²) in [5.74, 6) is 0.141. The van der Waals surface area contributed by atoms with Crippen molar-refractivity contribution in [2.45, 2.75) is 13.0 Å². The van der Waals surface area contributed by atoms with Crippen molar-refractivity contribution in [2.24, 2.45) is 0 Å². The van der Waals surface area contributed by atoms with Crippen molar-refractivity contribution in [3.05, 3.63) is 59.7 Å². The summed E-state index contributed by atoms with van der Waals surface area (Å²) in [7, 11) is 0. The zero-order chi connectivity index (χ0) is 15.9. The molecule has 0 saturated heterocycles. The van der Waals surface area contributed by atoms with Gasteiger partial charge in [-0.25, -0.2) is 0 Å². The number of benzene rings is 2. The lowest BCUT2D eigenvalue weighted by Crippen LogP contribution is -2.30. The molecule has 0 heterocycles. The molecule has 5 nitrogen and oxygen atoms in total. The van der Waals surface area contributed by atoms with Crippen molar-refractivity contribution in [3.63, 3.8) is 0 Å². The van der Waals surface area contributed by atoms with Crippen molar-refractivity contribution < 1.29 is 9.53 Å². The van der Waals surface area contributed by atoms with Gasteiger partial charge in [0.1, 0.15) is 11.8 Å². The largest absolute Gasteiger partial charge is 0.481 e. The van der Waals surface area contributed by atoms with Gasteiger partial charge < -0.3 is 10.1 Å². The monoisotopic (exact) mass is 291 g/mol. The van der Waals surface area contributed by atoms with Crippen LogP contribution < -0.4 is 10.1 Å². The highest BCUT2D eigenvalue weighted by atomic mass is 16.5. The Morgan fingerprint density at radius 2 is 1.77 bits per heavy atom. The minimum atomic E-state index is -0.736. The van der Waals surface area contributed by atoms with Crippen LogP contribution in [0.15, 0.2) is 48.5 Å². The van der Waals surface area contributed by atoms with Gasteiger partial charge in [0, 0.05) is 0 Å². The van der Waals surface area contributed by atoms with E-state index in [1.165, 1.54) is 0 Å². The van der Waals surface area contributed by atoms with Crippen molar-refractivity contribution >= 4 is 11.6 Å². The summed E-state index contributed by atoms with van der Waals surface area (Å²) >= 11 is 0. The standard InChI is InChI=1S/C17H13N3O2/c1-12(22-15-8-6-13(10-18)7-9-15)17(21)20-16-5-3-2-4-14(16)11-19/h2-9,12H,1H3,(H,20,21)/t12-/m1/s1. The Bertz CT molecular complexity index is 755. The lowest BCUT2D eigenvalue weighted by molar-refractivity contribution is -0.122. The van der Waals surface area contributed by atoms with Crippen LogP contribution in [0.5, 0.6) is 5.75 Å². The molecule has 0 aromatic heterocycles. The SMILES string of the molecule is C[C@@H](Oc1ccc(C#N)cc1)C(=O)Nc1ccccc1C#N. The third-order valence-corrected chi connectivity index (χ3v) is 2.97. The Morgan fingerprint density at radius 1 is 1.09 bits per heavy atom. The Kier molecular flexibility index (Phi) is 4.74. The van der Waals surface area contributed by atoms with E-state index in [0.29, 0.717) is 22.6 Å². The molecule has 2 aromatic carbocycles. The number of hydrogen-bond acceptors (Lipinski definition) is 4. The minimum Gasteiger partial charge on any atom is -0.481 e. The summed E-state index contributed by atoms with van der Waals surface area (Å²) < 4.78 is 5.52. The Hall–Kier alpha value is -3.31. The molecule has 0 fully saturated rings. The molecule has 0 aliphatic carbocycles. The molecule has 0 unspecified atom stereocenters. The molecule has 108 valence electrons. The molecule has 1 amide bonds. The molecular weight excluding hydrogens is 278 g/mol. The summed E-state index contributed by atoms with van der Waals surface area (Å²) in [5.41, 5.74) is 1.36. The predicted octanol–water partition coefficient (Wildman–Crippen LogP) is 2.84. The highest BCUT2D eigenvalue weighted by Crippen LogP contribution is 2.16. The van der Waals surface area contributed by atoms with Gasteiger partial charge >= 0.3 is 0 Å². The molecule has 2 rings (SSSR count). The smallest absolute Gasteiger partial charge is 0.265 e. The van der Waals surface area contributed by atoms with Crippen LogP contribution >= 0.6 is 0 Å². The average molecular weight is 291 g/mol. The zero-order valence-electron chi connectivity index (χ0n) is 11.9. The Morgan fingerprint density at radius 3 is 2.41 bits per heavy atom. The van der Waals surface area contributed by atoms with Gasteiger partial charge in [-0.15, -0.1) is 0 Å². The van der Waals surface area contributed by atoms with E-state index >= 15 is 0 Å². The predicted molar refractivity (Wildman–Crippen MR) is 81.0 cm³/mol. The first kappa shape index (κ1) is 15.1. The molecule has 0 aliphatic rings. The fourth-order valence-electron chi connectivity index (χ4n) is 1.79. The third kappa shape index (κ3) is 3.62. The first-order valence-electron chi connectivity index (χ1n) is 6.61. The molecule has 0 saturated carbocycles. The molecule has 22 heavy (non-hydrogen) atoms. The second-order valence-electron chi connectivity index (χ2n) is 4.54. The normalized spacial score (nSPS) is 10.9. The van der Waals surface area contributed by atoms with Crippen LogP contribution in [-0.4, -0.2) is 12.0 Å². The molecule has 1 N–H and O–H groups in total. The lowest BCUT2D eigenvalue weighted by Gasteiger charge is -2.15. The second kappa shape index (κ2) is 6.92. The van der Waals surface area contributed by atoms with Crippen molar-refractivity contribution in [1.82, 2.24) is 0 Å². The van der Waals surface area contributed by atoms with E-state index in [1.54, 1.807) is 55.5 Å². The minimum absolute atomic E-state index is 0.355. The number of amides is 1. The van der Waals surface area contributed by atoms with Gasteiger partial charge in [0.25, 0.3) is 5.91 Å². The quantitative estimate of drug-likeness (QED) is 0.938. The molecule has 0 bridgehead atoms. The Balaban J connectivity index is 2.03. The van der Waals surface area contributed by atoms with Crippen molar-refractivity contribution in [2.75, 3.05) is 5.32 Å². The molecule has 1 atom stereocenters. The number of nitrogens with zero attached hydrogens (tertiary/aromatic N) is 2. The Labute approximate surface area is 128 Å². The number of nitrogens with one attached hydrogen (secondary N) is 1. The highest BCUT2D eigenvalue weighted by Gasteiger charge is 2.16. The molecule has 0 spiro atoms. The number of carbonyl (C=O) groups excluding carboxylic acids is 1. The van der Waals surface area contributed by atoms with Crippen molar-refractivity contribution in [3.8, 4) is 17.9 Å². The van der Waals surface area contributed by atoms with Gasteiger partial charge in [0.2, 0.25) is 0 Å². The van der Waals surface area contributed by atoms with Gasteiger partial charge in [-0.1, -0.05) is 12.1 Å². The van der Waals surface area contributed by atoms with Crippen LogP contribution in [0.3, 0.4) is 0 Å². The maximum Gasteiger partial charge on any atom is 0.265 e. The van der Waals surface area contributed by atoms with E-state index in [1.807, 2.05) is 12.1 Å². The van der Waals surface area contributed by atoms with Crippen LogP contribution in [0.2, 0.25) is 0 Å². The summed E-state index contributed by atoms with van der Waals surface area (Å²) in [6.45, 7) is 1.61. The fraction of sp³-hybridized carbons (Fsp3) is 0.118. The summed E-state index contributed by atoms with van der Waals surface area (Å²) in [5, 5.41) is 20.4. The maximum absolute atomic E-state index is 12.1. The van der Waals surface area contributed by atoms with Gasteiger partial charge in [0.05, 0.1) is 22.9 Å². The van der Waals surface area contributed by atoms with Crippen LogP contribution in [0.1, 0.15) is 18.1 Å². The number of anilines is 1. The van der Waals surface area contributed by atoms with Gasteiger partial charge in [0.15, 0.2) is 6.10 Å². The molecule has 5 heteroatoms. The number of carbonyl (C=O) groups is 1. The molecular formula is C17H13N3O2. The lowest BCUT2D eigenvalue weighted by atomic mass is 10.2. The number of hydrogen-bond donors (Lipinski definition) is 1. The van der Waals surface area contributed by atoms with Crippen LogP contribution in [0.25, 0.3) is 0 Å². The topological polar surface area (TPSA) is 85.9 Å². The number of ether oxygens (including phenoxy) is 1. The number of nitriles is 2. The first-order valence-corrected chi connectivity index (χ1v) is 6.61. The van der Waals surface area contributed by atoms with Crippen LogP contribution in [0.4, 0.5) is 5.69 Å². The summed E-state index contributed by atoms with van der Waals surface area (Å²) in [6.07, 6.45) is -0.736. The van der Waals surface area contributed by atoms with Crippen LogP contribution in [0, 0.1) is 22.7 Å². The molecule has 0 radical (unpaired) electrons. The molecule has 2 aromatic rings. The fourth-order valence-corrected chi connectivity index (χ4v) is 1.79. The number of rotatable bonds is 4. The third-order valence-electron chi connectivity index (χ3n) is 2.97. The van der Waals surface area contributed by atoms with Gasteiger partial charge in [-0.3, -0.25) is 4.79 Å². The summed E-state index contributed by atoms with van der Waals surface area (Å²) in [4.78, 5) is 12.1. The van der Waals surface area contributed by atoms with Gasteiger partial charge in [-0.2, -0.15) is 10.5 Å². The van der Waals surface area contributed by atoms with E-state index in [-0.39, 0.29) is 5.91 Å². The maximum atomic E-state index is 12.1. The summed E-state index contributed by atoms with van der Waals surface area (Å²) in [6, 6.07) is 17.3. The van der Waals surface area contributed by atoms with Crippen LogP contribution in [-0.2, 0) is 4.79 Å². The second-order valence-corrected chi connectivity index (χ2v) is 4.54. The van der Waals surface area contributed by atoms with E-state index in [2.05, 4.69) is 5.32 Å². The van der Waals surface area contributed by atoms with E-state index < -0.39 is 6.10 Å². The van der Waals surface area contributed by atoms with Crippen molar-refractivity contribution in [1.29, 1.82) is 10.5 Å². The highest BCUT2D eigenvalue weighted by molar-refractivity contribution is 5.95. The average Bonchev–Trinajstić information content (AvgIpc) is 2.56. The van der Waals surface area contributed by atoms with E-state index in [9.17, 15) is 4.79 Å². The zero-order valence-corrected chi connectivity index (χ0v) is 11.9. The molecule has 0 aliphatic heterocycles. The number of para-hydroxylation sites is 1. The van der Waals surface area contributed by atoms with E-state index in [0.717, 1.165) is 0 Å². The van der Waals surface area contributed by atoms with Gasteiger partial charge in [-0.05, 0) is 43.3 Å².